The molecule has 0 aliphatic carbocycles. The van der Waals surface area contributed by atoms with Gasteiger partial charge in [0, 0.05) is 16.7 Å². The van der Waals surface area contributed by atoms with Gasteiger partial charge in [-0.05, 0) is 38.4 Å². The summed E-state index contributed by atoms with van der Waals surface area (Å²) in [7, 11) is 0. The van der Waals surface area contributed by atoms with Crippen LogP contribution in [-0.4, -0.2) is 6.54 Å². The summed E-state index contributed by atoms with van der Waals surface area (Å²) >= 11 is 0. The normalized spacial score (nSPS) is 24.6. The van der Waals surface area contributed by atoms with Crippen molar-refractivity contribution in [1.82, 2.24) is 5.32 Å². The molecule has 0 radical (unpaired) electrons. The number of nitrogens with one attached hydrogen (secondary N) is 1. The number of hydrogen-bond acceptors (Lipinski definition) is 1. The van der Waals surface area contributed by atoms with Gasteiger partial charge in [0.05, 0.1) is 0 Å². The molecule has 1 aromatic rings. The highest BCUT2D eigenvalue weighted by Crippen LogP contribution is 2.35. The highest BCUT2D eigenvalue weighted by atomic mass is 19.3. The van der Waals surface area contributed by atoms with E-state index in [0.717, 1.165) is 12.5 Å². The van der Waals surface area contributed by atoms with Crippen molar-refractivity contribution < 1.29 is 17.6 Å². The molecule has 1 N–H and O–H groups in total. The van der Waals surface area contributed by atoms with Crippen LogP contribution in [0.2, 0.25) is 0 Å². The number of hydrogen-bond donors (Lipinski definition) is 1. The van der Waals surface area contributed by atoms with Crippen LogP contribution in [0.25, 0.3) is 0 Å². The van der Waals surface area contributed by atoms with Crippen molar-refractivity contribution in [3.63, 3.8) is 0 Å². The molecule has 1 saturated heterocycles. The van der Waals surface area contributed by atoms with Crippen LogP contribution in [0.15, 0.2) is 12.1 Å². The van der Waals surface area contributed by atoms with E-state index in [4.69, 9.17) is 0 Å². The van der Waals surface area contributed by atoms with Crippen LogP contribution >= 0.6 is 0 Å². The largest absolute Gasteiger partial charge is 0.308 e. The zero-order valence-electron chi connectivity index (χ0n) is 9.37. The van der Waals surface area contributed by atoms with E-state index >= 15 is 0 Å². The van der Waals surface area contributed by atoms with Crippen LogP contribution in [-0.2, 0) is 5.54 Å². The van der Waals surface area contributed by atoms with Crippen molar-refractivity contribution in [3.05, 3.63) is 34.9 Å². The number of rotatable bonds is 2. The lowest BCUT2D eigenvalue weighted by Crippen LogP contribution is -2.34. The van der Waals surface area contributed by atoms with Crippen LogP contribution < -0.4 is 5.32 Å². The number of alkyl halides is 2. The quantitative estimate of drug-likeness (QED) is 0.789. The molecule has 0 saturated carbocycles. The minimum Gasteiger partial charge on any atom is -0.308 e. The molecule has 94 valence electrons. The molecular weight excluding hydrogens is 234 g/mol. The Morgan fingerprint density at radius 3 is 2.53 bits per heavy atom. The summed E-state index contributed by atoms with van der Waals surface area (Å²) in [6.07, 6.45) is -1.37. The number of benzene rings is 1. The minimum atomic E-state index is -2.80. The summed E-state index contributed by atoms with van der Waals surface area (Å²) in [5.41, 5.74) is -1.24. The molecule has 1 unspecified atom stereocenters. The fraction of sp³-hybridized carbons (Fsp3) is 0.500. The summed E-state index contributed by atoms with van der Waals surface area (Å²) in [6.45, 7) is 2.38. The lowest BCUT2D eigenvalue weighted by Gasteiger charge is -2.26. The Kier molecular flexibility index (Phi) is 3.12. The Bertz CT molecular complexity index is 425. The third-order valence-corrected chi connectivity index (χ3v) is 3.27. The molecule has 1 atom stereocenters. The second-order valence-corrected chi connectivity index (χ2v) is 4.53. The Morgan fingerprint density at radius 1 is 1.29 bits per heavy atom. The first-order valence-electron chi connectivity index (χ1n) is 5.46. The van der Waals surface area contributed by atoms with Gasteiger partial charge >= 0.3 is 0 Å². The molecule has 0 spiro atoms. The van der Waals surface area contributed by atoms with Crippen LogP contribution in [0.4, 0.5) is 17.6 Å². The average Bonchev–Trinajstić information content (AvgIpc) is 2.69. The predicted octanol–water partition coefficient (Wildman–Crippen LogP) is 3.50. The first kappa shape index (κ1) is 12.4. The zero-order valence-corrected chi connectivity index (χ0v) is 9.37. The Morgan fingerprint density at radius 2 is 2.00 bits per heavy atom. The monoisotopic (exact) mass is 247 g/mol. The van der Waals surface area contributed by atoms with Gasteiger partial charge < -0.3 is 5.32 Å². The lowest BCUT2D eigenvalue weighted by atomic mass is 9.89. The minimum absolute atomic E-state index is 0.00898. The van der Waals surface area contributed by atoms with Crippen molar-refractivity contribution in [3.8, 4) is 0 Å². The summed E-state index contributed by atoms with van der Waals surface area (Å²) in [6, 6.07) is 1.61. The van der Waals surface area contributed by atoms with Crippen molar-refractivity contribution in [2.24, 2.45) is 0 Å². The molecule has 1 aliphatic rings. The van der Waals surface area contributed by atoms with E-state index in [1.54, 1.807) is 6.92 Å². The highest BCUT2D eigenvalue weighted by Gasteiger charge is 2.34. The van der Waals surface area contributed by atoms with E-state index < -0.39 is 29.2 Å². The van der Waals surface area contributed by atoms with Gasteiger partial charge in [-0.3, -0.25) is 0 Å². The maximum Gasteiger partial charge on any atom is 0.263 e. The molecule has 17 heavy (non-hydrogen) atoms. The Labute approximate surface area is 96.8 Å². The van der Waals surface area contributed by atoms with Gasteiger partial charge in [-0.15, -0.1) is 0 Å². The molecule has 5 heteroatoms. The van der Waals surface area contributed by atoms with Gasteiger partial charge in [-0.25, -0.2) is 17.6 Å². The zero-order chi connectivity index (χ0) is 12.6. The standard InChI is InChI=1S/C12H13F4N/c1-12(3-2-4-17-12)8-5-7(11(15)16)6-9(13)10(8)14/h5-6,11,17H,2-4H2,1H3. The molecule has 1 aromatic carbocycles. The number of halogens is 4. The van der Waals surface area contributed by atoms with E-state index in [0.29, 0.717) is 19.0 Å². The fourth-order valence-electron chi connectivity index (χ4n) is 2.26. The summed E-state index contributed by atoms with van der Waals surface area (Å²) in [5, 5.41) is 3.03. The Hall–Kier alpha value is -1.10. The van der Waals surface area contributed by atoms with Crippen LogP contribution in [0.5, 0.6) is 0 Å². The van der Waals surface area contributed by atoms with Gasteiger partial charge in [0.25, 0.3) is 6.43 Å². The van der Waals surface area contributed by atoms with Crippen molar-refractivity contribution >= 4 is 0 Å². The van der Waals surface area contributed by atoms with E-state index in [2.05, 4.69) is 5.32 Å². The van der Waals surface area contributed by atoms with Crippen molar-refractivity contribution in [2.75, 3.05) is 6.54 Å². The van der Waals surface area contributed by atoms with Crippen LogP contribution in [0.3, 0.4) is 0 Å². The molecule has 1 heterocycles. The molecule has 2 rings (SSSR count). The smallest absolute Gasteiger partial charge is 0.263 e. The van der Waals surface area contributed by atoms with E-state index in [9.17, 15) is 17.6 Å². The third kappa shape index (κ3) is 2.16. The predicted molar refractivity (Wildman–Crippen MR) is 55.9 cm³/mol. The summed E-state index contributed by atoms with van der Waals surface area (Å²) in [5.74, 6) is -2.25. The molecule has 1 fully saturated rings. The van der Waals surface area contributed by atoms with E-state index in [1.165, 1.54) is 0 Å². The van der Waals surface area contributed by atoms with E-state index in [1.807, 2.05) is 0 Å². The molecule has 1 aliphatic heterocycles. The molecular formula is C12H13F4N. The average molecular weight is 247 g/mol. The fourth-order valence-corrected chi connectivity index (χ4v) is 2.26. The molecule has 0 amide bonds. The Balaban J connectivity index is 2.52. The third-order valence-electron chi connectivity index (χ3n) is 3.27. The molecule has 0 bridgehead atoms. The molecule has 1 nitrogen and oxygen atoms in total. The first-order chi connectivity index (χ1) is 7.94. The lowest BCUT2D eigenvalue weighted by molar-refractivity contribution is 0.150. The maximum atomic E-state index is 13.7. The maximum absolute atomic E-state index is 13.7. The van der Waals surface area contributed by atoms with Gasteiger partial charge in [-0.2, -0.15) is 0 Å². The van der Waals surface area contributed by atoms with Gasteiger partial charge in [0.2, 0.25) is 0 Å². The van der Waals surface area contributed by atoms with Gasteiger partial charge in [0.1, 0.15) is 0 Å². The van der Waals surface area contributed by atoms with Gasteiger partial charge in [-0.1, -0.05) is 0 Å². The van der Waals surface area contributed by atoms with Crippen molar-refractivity contribution in [2.45, 2.75) is 31.7 Å². The first-order valence-corrected chi connectivity index (χ1v) is 5.46. The van der Waals surface area contributed by atoms with Gasteiger partial charge in [0.15, 0.2) is 11.6 Å². The summed E-state index contributed by atoms with van der Waals surface area (Å²) in [4.78, 5) is 0. The highest BCUT2D eigenvalue weighted by molar-refractivity contribution is 5.33. The second kappa shape index (κ2) is 4.29. The van der Waals surface area contributed by atoms with E-state index in [-0.39, 0.29) is 5.56 Å². The van der Waals surface area contributed by atoms with Crippen LogP contribution in [0.1, 0.15) is 37.3 Å². The van der Waals surface area contributed by atoms with Crippen molar-refractivity contribution in [1.29, 1.82) is 0 Å². The van der Waals surface area contributed by atoms with Crippen LogP contribution in [0, 0.1) is 11.6 Å². The SMILES string of the molecule is CC1(c2cc(C(F)F)cc(F)c2F)CCCN1. The second-order valence-electron chi connectivity index (χ2n) is 4.53. The molecule has 0 aromatic heterocycles. The summed E-state index contributed by atoms with van der Waals surface area (Å²) < 4.78 is 52.1. The topological polar surface area (TPSA) is 12.0 Å².